The van der Waals surface area contributed by atoms with Crippen LogP contribution in [0.4, 0.5) is 0 Å². The molecule has 0 amide bonds. The Morgan fingerprint density at radius 2 is 2.36 bits per heavy atom. The van der Waals surface area contributed by atoms with Gasteiger partial charge < -0.3 is 13.9 Å². The summed E-state index contributed by atoms with van der Waals surface area (Å²) in [6.45, 7) is 1.64. The van der Waals surface area contributed by atoms with Gasteiger partial charge in [0.15, 0.2) is 10.4 Å². The van der Waals surface area contributed by atoms with Crippen molar-refractivity contribution in [2.45, 2.75) is 13.5 Å². The first-order valence-corrected chi connectivity index (χ1v) is 4.82. The van der Waals surface area contributed by atoms with Crippen LogP contribution in [0.3, 0.4) is 0 Å². The molecule has 1 N–H and O–H groups in total. The molecule has 0 fully saturated rings. The fourth-order valence-electron chi connectivity index (χ4n) is 1.14. The van der Waals surface area contributed by atoms with Crippen molar-refractivity contribution >= 4 is 15.9 Å². The van der Waals surface area contributed by atoms with Gasteiger partial charge in [0.25, 0.3) is 0 Å². The van der Waals surface area contributed by atoms with Crippen molar-refractivity contribution < 1.29 is 13.9 Å². The summed E-state index contributed by atoms with van der Waals surface area (Å²) in [7, 11) is 0. The van der Waals surface area contributed by atoms with Gasteiger partial charge in [-0.25, -0.2) is 4.98 Å². The monoisotopic (exact) mass is 257 g/mol. The number of nitrogens with zero attached hydrogens (tertiary/aromatic N) is 1. The van der Waals surface area contributed by atoms with Gasteiger partial charge in [-0.15, -0.1) is 0 Å². The van der Waals surface area contributed by atoms with Gasteiger partial charge in [0.1, 0.15) is 6.61 Å². The largest absolute Gasteiger partial charge is 0.457 e. The Balaban J connectivity index is 2.47. The van der Waals surface area contributed by atoms with E-state index in [9.17, 15) is 0 Å². The van der Waals surface area contributed by atoms with Crippen molar-refractivity contribution in [3.8, 4) is 11.5 Å². The lowest BCUT2D eigenvalue weighted by Crippen LogP contribution is -1.81. The molecule has 0 bridgehead atoms. The summed E-state index contributed by atoms with van der Waals surface area (Å²) >= 11 is 3.23. The van der Waals surface area contributed by atoms with Gasteiger partial charge >= 0.3 is 0 Å². The van der Waals surface area contributed by atoms with E-state index in [2.05, 4.69) is 20.9 Å². The maximum atomic E-state index is 8.93. The highest BCUT2D eigenvalue weighted by atomic mass is 79.9. The van der Waals surface area contributed by atoms with Crippen LogP contribution in [0.25, 0.3) is 11.5 Å². The molecule has 0 saturated carbocycles. The number of halogens is 1. The van der Waals surface area contributed by atoms with Crippen LogP contribution >= 0.6 is 15.9 Å². The molecule has 2 heterocycles. The molecule has 0 aliphatic heterocycles. The Labute approximate surface area is 88.7 Å². The van der Waals surface area contributed by atoms with Gasteiger partial charge in [0.05, 0.1) is 17.5 Å². The molecule has 0 atom stereocenters. The number of aliphatic hydroxyl groups is 1. The smallest absolute Gasteiger partial charge is 0.231 e. The molecule has 0 aliphatic rings. The van der Waals surface area contributed by atoms with E-state index in [0.717, 1.165) is 5.56 Å². The normalized spacial score (nSPS) is 10.8. The second kappa shape index (κ2) is 3.59. The SMILES string of the molecule is Cc1nc(-c2ccoc2Br)oc1CO. The summed E-state index contributed by atoms with van der Waals surface area (Å²) in [5.74, 6) is 0.931. The van der Waals surface area contributed by atoms with Crippen LogP contribution in [0.5, 0.6) is 0 Å². The molecule has 2 aromatic rings. The summed E-state index contributed by atoms with van der Waals surface area (Å²) in [6.07, 6.45) is 1.54. The average Bonchev–Trinajstić information content (AvgIpc) is 2.71. The van der Waals surface area contributed by atoms with Gasteiger partial charge in [0.2, 0.25) is 5.89 Å². The lowest BCUT2D eigenvalue weighted by atomic mass is 10.3. The highest BCUT2D eigenvalue weighted by molar-refractivity contribution is 9.10. The van der Waals surface area contributed by atoms with E-state index < -0.39 is 0 Å². The van der Waals surface area contributed by atoms with E-state index in [1.54, 1.807) is 13.0 Å². The average molecular weight is 258 g/mol. The van der Waals surface area contributed by atoms with Crippen LogP contribution in [0.2, 0.25) is 0 Å². The maximum absolute atomic E-state index is 8.93. The number of aryl methyl sites for hydroxylation is 1. The lowest BCUT2D eigenvalue weighted by Gasteiger charge is -1.89. The summed E-state index contributed by atoms with van der Waals surface area (Å²) < 4.78 is 11.0. The van der Waals surface area contributed by atoms with Crippen LogP contribution in [0, 0.1) is 6.92 Å². The molecule has 0 radical (unpaired) electrons. The van der Waals surface area contributed by atoms with Crippen molar-refractivity contribution in [2.24, 2.45) is 0 Å². The molecule has 5 heteroatoms. The number of hydrogen-bond acceptors (Lipinski definition) is 4. The Morgan fingerprint density at radius 1 is 1.57 bits per heavy atom. The number of aromatic nitrogens is 1. The zero-order chi connectivity index (χ0) is 10.1. The molecule has 2 rings (SSSR count). The van der Waals surface area contributed by atoms with Gasteiger partial charge in [-0.1, -0.05) is 0 Å². The highest BCUT2D eigenvalue weighted by Crippen LogP contribution is 2.29. The third-order valence-corrected chi connectivity index (χ3v) is 2.50. The Hall–Kier alpha value is -1.07. The number of oxazole rings is 1. The van der Waals surface area contributed by atoms with E-state index in [0.29, 0.717) is 22.0 Å². The molecule has 4 nitrogen and oxygen atoms in total. The van der Waals surface area contributed by atoms with Crippen LogP contribution in [0.15, 0.2) is 25.8 Å². The number of aliphatic hydroxyl groups excluding tert-OH is 1. The number of hydrogen-bond donors (Lipinski definition) is 1. The highest BCUT2D eigenvalue weighted by Gasteiger charge is 2.14. The first kappa shape index (κ1) is 9.48. The molecule has 14 heavy (non-hydrogen) atoms. The standard InChI is InChI=1S/C9H8BrNO3/c1-5-7(4-12)14-9(11-5)6-2-3-13-8(6)10/h2-3,12H,4H2,1H3. The summed E-state index contributed by atoms with van der Waals surface area (Å²) in [4.78, 5) is 4.17. The van der Waals surface area contributed by atoms with E-state index >= 15 is 0 Å². The van der Waals surface area contributed by atoms with Crippen molar-refractivity contribution in [1.29, 1.82) is 0 Å². The second-order valence-corrected chi connectivity index (χ2v) is 3.51. The molecule has 0 aromatic carbocycles. The van der Waals surface area contributed by atoms with Crippen LogP contribution in [-0.2, 0) is 6.61 Å². The predicted octanol–water partition coefficient (Wildman–Crippen LogP) is 2.50. The topological polar surface area (TPSA) is 59.4 Å². The zero-order valence-corrected chi connectivity index (χ0v) is 9.04. The molecule has 0 saturated heterocycles. The first-order chi connectivity index (χ1) is 6.72. The number of furan rings is 1. The zero-order valence-electron chi connectivity index (χ0n) is 7.45. The second-order valence-electron chi connectivity index (χ2n) is 2.79. The first-order valence-electron chi connectivity index (χ1n) is 4.03. The fraction of sp³-hybridized carbons (Fsp3) is 0.222. The third-order valence-electron chi connectivity index (χ3n) is 1.88. The summed E-state index contributed by atoms with van der Waals surface area (Å²) in [6, 6.07) is 1.75. The van der Waals surface area contributed by atoms with Gasteiger partial charge in [-0.05, 0) is 28.9 Å². The van der Waals surface area contributed by atoms with Crippen LogP contribution < -0.4 is 0 Å². The van der Waals surface area contributed by atoms with Gasteiger partial charge in [0, 0.05) is 0 Å². The molecule has 0 spiro atoms. The molecule has 0 aliphatic carbocycles. The molecular weight excluding hydrogens is 250 g/mol. The van der Waals surface area contributed by atoms with E-state index in [-0.39, 0.29) is 6.61 Å². The Morgan fingerprint density at radius 3 is 2.86 bits per heavy atom. The lowest BCUT2D eigenvalue weighted by molar-refractivity contribution is 0.247. The van der Waals surface area contributed by atoms with Crippen molar-refractivity contribution in [3.05, 3.63) is 28.5 Å². The Kier molecular flexibility index (Phi) is 2.43. The Bertz CT molecular complexity index is 447. The summed E-state index contributed by atoms with van der Waals surface area (Å²) in [5.41, 5.74) is 1.43. The summed E-state index contributed by atoms with van der Waals surface area (Å²) in [5, 5.41) is 8.93. The fourth-order valence-corrected chi connectivity index (χ4v) is 1.55. The molecule has 74 valence electrons. The van der Waals surface area contributed by atoms with Gasteiger partial charge in [-0.2, -0.15) is 0 Å². The number of rotatable bonds is 2. The van der Waals surface area contributed by atoms with Crippen molar-refractivity contribution in [3.63, 3.8) is 0 Å². The minimum absolute atomic E-state index is 0.145. The molecule has 2 aromatic heterocycles. The minimum atomic E-state index is -0.145. The van der Waals surface area contributed by atoms with Gasteiger partial charge in [-0.3, -0.25) is 0 Å². The molecule has 0 unspecified atom stereocenters. The quantitative estimate of drug-likeness (QED) is 0.898. The predicted molar refractivity (Wildman–Crippen MR) is 52.6 cm³/mol. The minimum Gasteiger partial charge on any atom is -0.457 e. The van der Waals surface area contributed by atoms with Crippen molar-refractivity contribution in [2.75, 3.05) is 0 Å². The maximum Gasteiger partial charge on any atom is 0.231 e. The van der Waals surface area contributed by atoms with E-state index in [4.69, 9.17) is 13.9 Å². The van der Waals surface area contributed by atoms with Crippen LogP contribution in [-0.4, -0.2) is 10.1 Å². The van der Waals surface area contributed by atoms with Crippen molar-refractivity contribution in [1.82, 2.24) is 4.98 Å². The van der Waals surface area contributed by atoms with Crippen LogP contribution in [0.1, 0.15) is 11.5 Å². The molecular formula is C9H8BrNO3. The third kappa shape index (κ3) is 1.49. The van der Waals surface area contributed by atoms with E-state index in [1.807, 2.05) is 0 Å². The van der Waals surface area contributed by atoms with E-state index in [1.165, 1.54) is 6.26 Å².